The van der Waals surface area contributed by atoms with E-state index in [1.54, 1.807) is 12.1 Å². The van der Waals surface area contributed by atoms with Gasteiger partial charge in [0.15, 0.2) is 0 Å². The number of halogens is 2. The molecule has 0 unspecified atom stereocenters. The van der Waals surface area contributed by atoms with Gasteiger partial charge in [0, 0.05) is 5.02 Å². The first-order valence-electron chi connectivity index (χ1n) is 2.81. The summed E-state index contributed by atoms with van der Waals surface area (Å²) in [4.78, 5) is 0. The molecule has 0 heterocycles. The van der Waals surface area contributed by atoms with Crippen LogP contribution in [-0.4, -0.2) is 0 Å². The molecule has 1 aromatic rings. The largest absolute Gasteiger partial charge is 0.207 e. The smallest absolute Gasteiger partial charge is 0.125 e. The van der Waals surface area contributed by atoms with Gasteiger partial charge in [0.1, 0.15) is 5.82 Å². The molecule has 1 rings (SSSR count). The van der Waals surface area contributed by atoms with Crippen molar-refractivity contribution in [2.45, 2.75) is 0 Å². The molecule has 0 aliphatic carbocycles. The molecule has 0 amide bonds. The summed E-state index contributed by atoms with van der Waals surface area (Å²) >= 11 is 5.54. The van der Waals surface area contributed by atoms with Crippen molar-refractivity contribution >= 4 is 17.7 Å². The van der Waals surface area contributed by atoms with Crippen LogP contribution >= 0.6 is 11.6 Å². The minimum absolute atomic E-state index is 0.331. The molecule has 0 nitrogen and oxygen atoms in total. The fourth-order valence-electron chi connectivity index (χ4n) is 0.693. The van der Waals surface area contributed by atoms with Crippen molar-refractivity contribution in [1.29, 1.82) is 0 Å². The quantitative estimate of drug-likeness (QED) is 0.586. The summed E-state index contributed by atoms with van der Waals surface area (Å²) < 4.78 is 12.5. The molecule has 0 aliphatic rings. The predicted octanol–water partition coefficient (Wildman–Crippen LogP) is 3.12. The first kappa shape index (κ1) is 7.29. The average molecular weight is 157 g/mol. The highest BCUT2D eigenvalue weighted by Gasteiger charge is 1.94. The topological polar surface area (TPSA) is 0 Å². The van der Waals surface area contributed by atoms with Crippen LogP contribution in [0.5, 0.6) is 0 Å². The van der Waals surface area contributed by atoms with Gasteiger partial charge < -0.3 is 0 Å². The van der Waals surface area contributed by atoms with Crippen LogP contribution in [0.25, 0.3) is 6.08 Å². The number of benzene rings is 1. The van der Waals surface area contributed by atoms with Crippen molar-refractivity contribution in [3.8, 4) is 0 Å². The maximum atomic E-state index is 12.5. The van der Waals surface area contributed by atoms with Crippen molar-refractivity contribution in [2.24, 2.45) is 0 Å². The zero-order chi connectivity index (χ0) is 7.56. The Morgan fingerprint density at radius 3 is 2.60 bits per heavy atom. The van der Waals surface area contributed by atoms with Gasteiger partial charge in [-0.2, -0.15) is 0 Å². The summed E-state index contributed by atoms with van der Waals surface area (Å²) in [6.45, 7) is 3.49. The lowest BCUT2D eigenvalue weighted by Gasteiger charge is -1.93. The lowest BCUT2D eigenvalue weighted by Crippen LogP contribution is -1.76. The first-order valence-corrected chi connectivity index (χ1v) is 3.18. The Hall–Kier alpha value is -0.820. The predicted molar refractivity (Wildman–Crippen MR) is 41.5 cm³/mol. The second-order valence-electron chi connectivity index (χ2n) is 1.91. The molecule has 0 fully saturated rings. The van der Waals surface area contributed by atoms with E-state index in [4.69, 9.17) is 11.6 Å². The van der Waals surface area contributed by atoms with Crippen LogP contribution in [0.3, 0.4) is 0 Å². The summed E-state index contributed by atoms with van der Waals surface area (Å²) in [6.07, 6.45) is 1.55. The van der Waals surface area contributed by atoms with Gasteiger partial charge in [-0.25, -0.2) is 4.39 Å². The second-order valence-corrected chi connectivity index (χ2v) is 2.34. The van der Waals surface area contributed by atoms with Crippen molar-refractivity contribution in [3.63, 3.8) is 0 Å². The monoisotopic (exact) mass is 156 g/mol. The van der Waals surface area contributed by atoms with Crippen LogP contribution in [0.2, 0.25) is 5.02 Å². The number of hydrogen-bond donors (Lipinski definition) is 0. The zero-order valence-corrected chi connectivity index (χ0v) is 6.03. The number of hydrogen-bond acceptors (Lipinski definition) is 0. The van der Waals surface area contributed by atoms with E-state index in [1.165, 1.54) is 12.1 Å². The van der Waals surface area contributed by atoms with Gasteiger partial charge in [0.05, 0.1) is 0 Å². The minimum atomic E-state index is -0.331. The van der Waals surface area contributed by atoms with Gasteiger partial charge in [-0.1, -0.05) is 24.3 Å². The first-order chi connectivity index (χ1) is 4.72. The molecule has 0 aromatic heterocycles. The van der Waals surface area contributed by atoms with E-state index in [-0.39, 0.29) is 5.82 Å². The van der Waals surface area contributed by atoms with E-state index in [0.29, 0.717) is 10.6 Å². The second kappa shape index (κ2) is 2.84. The molecule has 1 aromatic carbocycles. The Bertz CT molecular complexity index is 235. The lowest BCUT2D eigenvalue weighted by molar-refractivity contribution is 0.627. The highest BCUT2D eigenvalue weighted by atomic mass is 35.5. The molecular weight excluding hydrogens is 151 g/mol. The van der Waals surface area contributed by atoms with Gasteiger partial charge in [-0.3, -0.25) is 0 Å². The fraction of sp³-hybridized carbons (Fsp3) is 0. The minimum Gasteiger partial charge on any atom is -0.207 e. The molecule has 10 heavy (non-hydrogen) atoms. The third-order valence-corrected chi connectivity index (χ3v) is 1.34. The van der Waals surface area contributed by atoms with E-state index in [1.807, 2.05) is 0 Å². The number of rotatable bonds is 1. The van der Waals surface area contributed by atoms with Crippen LogP contribution in [0, 0.1) is 5.82 Å². The Balaban J connectivity index is 3.18. The van der Waals surface area contributed by atoms with Gasteiger partial charge in [0.25, 0.3) is 0 Å². The summed E-state index contributed by atoms with van der Waals surface area (Å²) in [7, 11) is 0. The van der Waals surface area contributed by atoms with Gasteiger partial charge in [-0.05, 0) is 23.8 Å². The van der Waals surface area contributed by atoms with E-state index in [2.05, 4.69) is 6.58 Å². The van der Waals surface area contributed by atoms with Crippen LogP contribution in [0.4, 0.5) is 4.39 Å². The molecule has 0 spiro atoms. The van der Waals surface area contributed by atoms with Gasteiger partial charge in [0.2, 0.25) is 0 Å². The van der Waals surface area contributed by atoms with Gasteiger partial charge in [-0.15, -0.1) is 0 Å². The Morgan fingerprint density at radius 1 is 1.40 bits per heavy atom. The van der Waals surface area contributed by atoms with E-state index in [0.717, 1.165) is 0 Å². The highest BCUT2D eigenvalue weighted by molar-refractivity contribution is 6.30. The standard InChI is InChI=1S/C8H6ClF/c1-2-6-3-7(9)5-8(10)4-6/h2-5H,1H2. The van der Waals surface area contributed by atoms with Crippen LogP contribution in [-0.2, 0) is 0 Å². The third-order valence-electron chi connectivity index (χ3n) is 1.12. The Kier molecular flexibility index (Phi) is 2.07. The summed E-state index contributed by atoms with van der Waals surface area (Å²) in [5, 5.41) is 0.398. The Labute approximate surface area is 63.9 Å². The van der Waals surface area contributed by atoms with Crippen molar-refractivity contribution in [1.82, 2.24) is 0 Å². The summed E-state index contributed by atoms with van der Waals surface area (Å²) in [5.74, 6) is -0.331. The van der Waals surface area contributed by atoms with Crippen LogP contribution < -0.4 is 0 Å². The molecule has 0 aliphatic heterocycles. The van der Waals surface area contributed by atoms with Crippen LogP contribution in [0.1, 0.15) is 5.56 Å². The van der Waals surface area contributed by atoms with Crippen molar-refractivity contribution < 1.29 is 4.39 Å². The maximum Gasteiger partial charge on any atom is 0.125 e. The molecule has 0 radical (unpaired) electrons. The van der Waals surface area contributed by atoms with E-state index in [9.17, 15) is 4.39 Å². The normalized spacial score (nSPS) is 9.40. The summed E-state index contributed by atoms with van der Waals surface area (Å²) in [5.41, 5.74) is 0.699. The van der Waals surface area contributed by atoms with Crippen LogP contribution in [0.15, 0.2) is 24.8 Å². The molecule has 0 N–H and O–H groups in total. The average Bonchev–Trinajstić information content (AvgIpc) is 1.85. The highest BCUT2D eigenvalue weighted by Crippen LogP contribution is 2.14. The molecule has 0 bridgehead atoms. The Morgan fingerprint density at radius 2 is 2.10 bits per heavy atom. The van der Waals surface area contributed by atoms with Crippen molar-refractivity contribution in [2.75, 3.05) is 0 Å². The molecule has 2 heteroatoms. The maximum absolute atomic E-state index is 12.5. The van der Waals surface area contributed by atoms with E-state index >= 15 is 0 Å². The molecule has 0 saturated carbocycles. The summed E-state index contributed by atoms with van der Waals surface area (Å²) in [6, 6.07) is 4.28. The molecule has 0 saturated heterocycles. The fourth-order valence-corrected chi connectivity index (χ4v) is 0.923. The third kappa shape index (κ3) is 1.58. The molecule has 0 atom stereocenters. The van der Waals surface area contributed by atoms with E-state index < -0.39 is 0 Å². The lowest BCUT2D eigenvalue weighted by atomic mass is 10.2. The zero-order valence-electron chi connectivity index (χ0n) is 5.27. The molecule has 52 valence electrons. The van der Waals surface area contributed by atoms with Crippen molar-refractivity contribution in [3.05, 3.63) is 41.2 Å². The molecular formula is C8H6ClF. The SMILES string of the molecule is C=Cc1cc(F)cc(Cl)c1. The van der Waals surface area contributed by atoms with Gasteiger partial charge >= 0.3 is 0 Å².